The van der Waals surface area contributed by atoms with Crippen LogP contribution in [-0.2, 0) is 16.2 Å². The van der Waals surface area contributed by atoms with E-state index >= 15 is 0 Å². The van der Waals surface area contributed by atoms with Crippen molar-refractivity contribution in [1.29, 1.82) is 0 Å². The van der Waals surface area contributed by atoms with Crippen LogP contribution in [0.5, 0.6) is 0 Å². The number of anilines is 2. The standard InChI is InChI=1S/C24H19ClF3N5O3S2/c25-16-6-7-19-20(13-16)37-23(30-19)33-11-9-32(10-12-33)22(34)17-3-1-2-4-18(17)31-38(35,36)21-8-5-15(14-29-21)24(26,27)28/h1-8,13-14,31H,9-12H2. The number of nitrogens with one attached hydrogen (secondary N) is 1. The van der Waals surface area contributed by atoms with E-state index in [0.29, 0.717) is 43.5 Å². The van der Waals surface area contributed by atoms with Gasteiger partial charge in [-0.25, -0.2) is 9.97 Å². The Balaban J connectivity index is 1.29. The lowest BCUT2D eigenvalue weighted by Crippen LogP contribution is -2.48. The third kappa shape index (κ3) is 5.40. The molecule has 1 aliphatic heterocycles. The summed E-state index contributed by atoms with van der Waals surface area (Å²) >= 11 is 7.58. The molecule has 5 rings (SSSR count). The van der Waals surface area contributed by atoms with Crippen LogP contribution in [0, 0.1) is 0 Å². The molecule has 0 bridgehead atoms. The van der Waals surface area contributed by atoms with E-state index in [-0.39, 0.29) is 17.2 Å². The molecule has 0 atom stereocenters. The third-order valence-corrected chi connectivity index (χ3v) is 8.51. The number of carbonyl (C=O) groups is 1. The Hall–Kier alpha value is -3.42. The molecule has 198 valence electrons. The predicted molar refractivity (Wildman–Crippen MR) is 139 cm³/mol. The molecule has 0 radical (unpaired) electrons. The Morgan fingerprint density at radius 2 is 1.76 bits per heavy atom. The molecule has 14 heteroatoms. The molecule has 3 heterocycles. The maximum atomic E-state index is 13.3. The number of para-hydroxylation sites is 1. The van der Waals surface area contributed by atoms with Gasteiger partial charge in [-0.2, -0.15) is 21.6 Å². The fourth-order valence-corrected chi connectivity index (χ4v) is 6.26. The lowest BCUT2D eigenvalue weighted by molar-refractivity contribution is -0.137. The van der Waals surface area contributed by atoms with Crippen LogP contribution in [0.1, 0.15) is 15.9 Å². The topological polar surface area (TPSA) is 95.5 Å². The lowest BCUT2D eigenvalue weighted by Gasteiger charge is -2.34. The molecule has 0 aliphatic carbocycles. The van der Waals surface area contributed by atoms with Gasteiger partial charge in [0.05, 0.1) is 27.0 Å². The first-order chi connectivity index (χ1) is 18.0. The highest BCUT2D eigenvalue weighted by Crippen LogP contribution is 2.32. The van der Waals surface area contributed by atoms with E-state index in [2.05, 4.69) is 19.6 Å². The van der Waals surface area contributed by atoms with Gasteiger partial charge in [0, 0.05) is 37.4 Å². The molecule has 1 aliphatic rings. The SMILES string of the molecule is O=C(c1ccccc1NS(=O)(=O)c1ccc(C(F)(F)F)cn1)N1CCN(c2nc3ccc(Cl)cc3s2)CC1. The molecule has 1 N–H and O–H groups in total. The first-order valence-electron chi connectivity index (χ1n) is 11.3. The molecule has 1 saturated heterocycles. The number of piperazine rings is 1. The van der Waals surface area contributed by atoms with Gasteiger partial charge in [0.2, 0.25) is 0 Å². The summed E-state index contributed by atoms with van der Waals surface area (Å²) in [6.07, 6.45) is -4.20. The number of rotatable bonds is 5. The average molecular weight is 582 g/mol. The Bertz CT molecular complexity index is 1600. The predicted octanol–water partition coefficient (Wildman–Crippen LogP) is 5.13. The van der Waals surface area contributed by atoms with E-state index in [1.54, 1.807) is 23.1 Å². The number of fused-ring (bicyclic) bond motifs is 1. The number of hydrogen-bond donors (Lipinski definition) is 1. The summed E-state index contributed by atoms with van der Waals surface area (Å²) in [4.78, 5) is 25.1. The number of benzene rings is 2. The van der Waals surface area contributed by atoms with Crippen molar-refractivity contribution >= 4 is 59.9 Å². The Morgan fingerprint density at radius 3 is 2.45 bits per heavy atom. The molecule has 2 aromatic carbocycles. The van der Waals surface area contributed by atoms with E-state index in [1.807, 2.05) is 12.1 Å². The maximum Gasteiger partial charge on any atom is 0.417 e. The number of alkyl halides is 3. The van der Waals surface area contributed by atoms with E-state index in [9.17, 15) is 26.4 Å². The van der Waals surface area contributed by atoms with Crippen molar-refractivity contribution in [2.24, 2.45) is 0 Å². The Labute approximate surface area is 224 Å². The largest absolute Gasteiger partial charge is 0.417 e. The zero-order chi connectivity index (χ0) is 27.1. The second-order valence-corrected chi connectivity index (χ2v) is 11.5. The van der Waals surface area contributed by atoms with Crippen LogP contribution in [0.4, 0.5) is 24.0 Å². The quantitative estimate of drug-likeness (QED) is 0.351. The van der Waals surface area contributed by atoms with Crippen LogP contribution >= 0.6 is 22.9 Å². The molecule has 0 unspecified atom stereocenters. The van der Waals surface area contributed by atoms with Gasteiger partial charge in [0.1, 0.15) is 0 Å². The van der Waals surface area contributed by atoms with Gasteiger partial charge < -0.3 is 9.80 Å². The van der Waals surface area contributed by atoms with Gasteiger partial charge in [0.15, 0.2) is 10.2 Å². The number of aromatic nitrogens is 2. The number of pyridine rings is 1. The molecule has 38 heavy (non-hydrogen) atoms. The summed E-state index contributed by atoms with van der Waals surface area (Å²) in [5, 5.41) is 0.858. The van der Waals surface area contributed by atoms with Crippen molar-refractivity contribution in [3.05, 3.63) is 76.9 Å². The van der Waals surface area contributed by atoms with Crippen LogP contribution in [0.3, 0.4) is 0 Å². The summed E-state index contributed by atoms with van der Waals surface area (Å²) in [7, 11) is -4.35. The van der Waals surface area contributed by atoms with Gasteiger partial charge in [-0.15, -0.1) is 0 Å². The minimum absolute atomic E-state index is 0.00433. The number of thiazole rings is 1. The number of hydrogen-bond acceptors (Lipinski definition) is 7. The van der Waals surface area contributed by atoms with Gasteiger partial charge >= 0.3 is 6.18 Å². The molecule has 2 aromatic heterocycles. The highest BCUT2D eigenvalue weighted by molar-refractivity contribution is 7.92. The third-order valence-electron chi connectivity index (χ3n) is 5.92. The molecule has 8 nitrogen and oxygen atoms in total. The van der Waals surface area contributed by atoms with Crippen LogP contribution in [-0.4, -0.2) is 55.4 Å². The molecule has 4 aromatic rings. The molecular formula is C24H19ClF3N5O3S2. The highest BCUT2D eigenvalue weighted by atomic mass is 35.5. The van der Waals surface area contributed by atoms with E-state index in [1.165, 1.54) is 23.5 Å². The highest BCUT2D eigenvalue weighted by Gasteiger charge is 2.32. The van der Waals surface area contributed by atoms with Crippen LogP contribution in [0.15, 0.2) is 65.8 Å². The fraction of sp³-hybridized carbons (Fsp3) is 0.208. The number of sulfonamides is 1. The van der Waals surface area contributed by atoms with Gasteiger partial charge in [-0.1, -0.05) is 35.1 Å². The zero-order valence-corrected chi connectivity index (χ0v) is 21.8. The first-order valence-corrected chi connectivity index (χ1v) is 13.9. The van der Waals surface area contributed by atoms with Crippen molar-refractivity contribution in [1.82, 2.24) is 14.9 Å². The summed E-state index contributed by atoms with van der Waals surface area (Å²) in [5.41, 5.74) is -0.104. The molecule has 0 saturated carbocycles. The monoisotopic (exact) mass is 581 g/mol. The van der Waals surface area contributed by atoms with Crippen LogP contribution < -0.4 is 9.62 Å². The number of halogens is 4. The molecule has 1 fully saturated rings. The summed E-state index contributed by atoms with van der Waals surface area (Å²) in [6.45, 7) is 1.83. The van der Waals surface area contributed by atoms with E-state index < -0.39 is 26.8 Å². The minimum Gasteiger partial charge on any atom is -0.345 e. The second kappa shape index (κ2) is 10.0. The van der Waals surface area contributed by atoms with E-state index in [0.717, 1.165) is 21.4 Å². The van der Waals surface area contributed by atoms with Gasteiger partial charge in [0.25, 0.3) is 15.9 Å². The minimum atomic E-state index is -4.65. The van der Waals surface area contributed by atoms with Gasteiger partial charge in [-0.3, -0.25) is 9.52 Å². The Kier molecular flexibility index (Phi) is 6.92. The van der Waals surface area contributed by atoms with Crippen LogP contribution in [0.25, 0.3) is 10.2 Å². The smallest absolute Gasteiger partial charge is 0.345 e. The van der Waals surface area contributed by atoms with Crippen molar-refractivity contribution in [2.45, 2.75) is 11.2 Å². The zero-order valence-electron chi connectivity index (χ0n) is 19.4. The number of carbonyl (C=O) groups excluding carboxylic acids is 1. The lowest BCUT2D eigenvalue weighted by atomic mass is 10.1. The van der Waals surface area contributed by atoms with Gasteiger partial charge in [-0.05, 0) is 42.5 Å². The first kappa shape index (κ1) is 26.2. The maximum absolute atomic E-state index is 13.3. The Morgan fingerprint density at radius 1 is 1.03 bits per heavy atom. The summed E-state index contributed by atoms with van der Waals surface area (Å²) in [6, 6.07) is 13.0. The van der Waals surface area contributed by atoms with Crippen molar-refractivity contribution in [3.63, 3.8) is 0 Å². The van der Waals surface area contributed by atoms with Crippen molar-refractivity contribution in [3.8, 4) is 0 Å². The number of nitrogens with zero attached hydrogens (tertiary/aromatic N) is 4. The molecular weight excluding hydrogens is 563 g/mol. The van der Waals surface area contributed by atoms with Crippen LogP contribution in [0.2, 0.25) is 5.02 Å². The second-order valence-electron chi connectivity index (χ2n) is 8.42. The average Bonchev–Trinajstić information content (AvgIpc) is 3.31. The summed E-state index contributed by atoms with van der Waals surface area (Å²) < 4.78 is 67.3. The van der Waals surface area contributed by atoms with Crippen molar-refractivity contribution in [2.75, 3.05) is 35.8 Å². The normalized spacial score (nSPS) is 14.6. The van der Waals surface area contributed by atoms with E-state index in [4.69, 9.17) is 11.6 Å². The summed E-state index contributed by atoms with van der Waals surface area (Å²) in [5.74, 6) is -0.376. The number of amides is 1. The molecule has 1 amide bonds. The molecule has 0 spiro atoms. The van der Waals surface area contributed by atoms with Crippen molar-refractivity contribution < 1.29 is 26.4 Å². The fourth-order valence-electron chi connectivity index (χ4n) is 3.96.